The number of thioether (sulfide) groups is 1. The molecule has 0 saturated carbocycles. The molecule has 3 aromatic rings. The van der Waals surface area contributed by atoms with E-state index in [-0.39, 0.29) is 5.91 Å². The molecule has 2 heterocycles. The Balaban J connectivity index is 1.50. The summed E-state index contributed by atoms with van der Waals surface area (Å²) in [6.45, 7) is 4.36. The maximum absolute atomic E-state index is 12.4. The molecular formula is C22H25N3O4S. The van der Waals surface area contributed by atoms with Crippen LogP contribution in [0.1, 0.15) is 33.3 Å². The summed E-state index contributed by atoms with van der Waals surface area (Å²) < 4.78 is 16.2. The third kappa shape index (κ3) is 5.76. The minimum Gasteiger partial charge on any atom is -0.493 e. The number of rotatable bonds is 9. The number of carbonyl (C=O) groups excluding carboxylic acids is 1. The molecule has 7 nitrogen and oxygen atoms in total. The normalized spacial score (nSPS) is 10.7. The largest absolute Gasteiger partial charge is 0.493 e. The Morgan fingerprint density at radius 2 is 1.77 bits per heavy atom. The molecule has 0 aliphatic heterocycles. The van der Waals surface area contributed by atoms with Crippen molar-refractivity contribution in [3.8, 4) is 11.5 Å². The molecule has 158 valence electrons. The Labute approximate surface area is 180 Å². The first-order valence-electron chi connectivity index (χ1n) is 9.51. The first-order valence-corrected chi connectivity index (χ1v) is 10.5. The number of aryl methyl sites for hydroxylation is 2. The number of benzene rings is 1. The summed E-state index contributed by atoms with van der Waals surface area (Å²) in [6, 6.07) is 11.1. The smallest absolute Gasteiger partial charge is 0.287 e. The molecule has 8 heteroatoms. The number of hydrogen-bond acceptors (Lipinski definition) is 7. The van der Waals surface area contributed by atoms with Crippen LogP contribution in [0.3, 0.4) is 0 Å². The second-order valence-corrected chi connectivity index (χ2v) is 7.63. The van der Waals surface area contributed by atoms with Crippen molar-refractivity contribution in [1.29, 1.82) is 0 Å². The Kier molecular flexibility index (Phi) is 7.35. The van der Waals surface area contributed by atoms with Gasteiger partial charge in [-0.3, -0.25) is 4.79 Å². The molecular weight excluding hydrogens is 402 g/mol. The van der Waals surface area contributed by atoms with Crippen LogP contribution in [0.15, 0.2) is 46.0 Å². The van der Waals surface area contributed by atoms with Crippen LogP contribution in [0.25, 0.3) is 0 Å². The zero-order valence-electron chi connectivity index (χ0n) is 17.5. The molecule has 0 fully saturated rings. The van der Waals surface area contributed by atoms with Crippen molar-refractivity contribution in [2.75, 3.05) is 20.8 Å². The van der Waals surface area contributed by atoms with Gasteiger partial charge in [0, 0.05) is 17.9 Å². The number of nitrogens with one attached hydrogen (secondary N) is 1. The number of hydrogen-bond donors (Lipinski definition) is 1. The molecule has 1 N–H and O–H groups in total. The summed E-state index contributed by atoms with van der Waals surface area (Å²) in [5, 5.41) is 3.58. The van der Waals surface area contributed by atoms with Gasteiger partial charge in [0.15, 0.2) is 22.4 Å². The maximum atomic E-state index is 12.4. The molecule has 0 bridgehead atoms. The van der Waals surface area contributed by atoms with Crippen LogP contribution >= 0.6 is 11.8 Å². The van der Waals surface area contributed by atoms with Crippen molar-refractivity contribution in [1.82, 2.24) is 15.3 Å². The topological polar surface area (TPSA) is 86.5 Å². The minimum atomic E-state index is -0.241. The van der Waals surface area contributed by atoms with E-state index in [0.717, 1.165) is 17.0 Å². The van der Waals surface area contributed by atoms with E-state index in [1.807, 2.05) is 38.1 Å². The van der Waals surface area contributed by atoms with Gasteiger partial charge in [-0.15, -0.1) is 0 Å². The number of amides is 1. The Hall–Kier alpha value is -3.00. The van der Waals surface area contributed by atoms with Crippen LogP contribution in [0, 0.1) is 13.8 Å². The van der Waals surface area contributed by atoms with Gasteiger partial charge in [-0.25, -0.2) is 9.97 Å². The van der Waals surface area contributed by atoms with Gasteiger partial charge in [0.25, 0.3) is 5.91 Å². The highest BCUT2D eigenvalue weighted by atomic mass is 32.2. The van der Waals surface area contributed by atoms with Crippen LogP contribution in [0.5, 0.6) is 11.5 Å². The molecule has 0 unspecified atom stereocenters. The van der Waals surface area contributed by atoms with E-state index in [1.54, 1.807) is 26.4 Å². The fourth-order valence-electron chi connectivity index (χ4n) is 2.91. The number of nitrogens with zero attached hydrogens (tertiary/aromatic N) is 2. The second-order valence-electron chi connectivity index (χ2n) is 6.68. The molecule has 1 amide bonds. The molecule has 0 atom stereocenters. The Bertz CT molecular complexity index is 999. The van der Waals surface area contributed by atoms with Crippen molar-refractivity contribution in [3.63, 3.8) is 0 Å². The lowest BCUT2D eigenvalue weighted by molar-refractivity contribution is 0.0925. The Morgan fingerprint density at radius 1 is 1.03 bits per heavy atom. The van der Waals surface area contributed by atoms with Gasteiger partial charge in [-0.2, -0.15) is 0 Å². The first kappa shape index (κ1) is 21.7. The Morgan fingerprint density at radius 3 is 2.47 bits per heavy atom. The molecule has 1 aromatic carbocycles. The summed E-state index contributed by atoms with van der Waals surface area (Å²) in [5.74, 6) is 2.66. The van der Waals surface area contributed by atoms with Gasteiger partial charge < -0.3 is 19.2 Å². The summed E-state index contributed by atoms with van der Waals surface area (Å²) in [7, 11) is 3.20. The van der Waals surface area contributed by atoms with Crippen molar-refractivity contribution < 1.29 is 18.7 Å². The lowest BCUT2D eigenvalue weighted by atomic mass is 10.1. The van der Waals surface area contributed by atoms with Gasteiger partial charge in [0.05, 0.1) is 20.0 Å². The predicted octanol–water partition coefficient (Wildman–Crippen LogP) is 3.97. The number of methoxy groups -OCH3 is 2. The lowest BCUT2D eigenvalue weighted by Crippen LogP contribution is -2.25. The predicted molar refractivity (Wildman–Crippen MR) is 115 cm³/mol. The molecule has 30 heavy (non-hydrogen) atoms. The average Bonchev–Trinajstić information content (AvgIpc) is 3.20. The standard InChI is InChI=1S/C22H25N3O4S/c1-14-11-15(2)25-22(24-14)30-13-17-6-8-19(29-17)21(26)23-10-9-16-5-7-18(27-3)20(12-16)28-4/h5-8,11-12H,9-10,13H2,1-4H3,(H,23,26). The quantitative estimate of drug-likeness (QED) is 0.408. The molecule has 0 saturated heterocycles. The van der Waals surface area contributed by atoms with E-state index in [0.29, 0.717) is 46.9 Å². The number of ether oxygens (including phenoxy) is 2. The zero-order valence-corrected chi connectivity index (χ0v) is 18.3. The number of furan rings is 1. The fraction of sp³-hybridized carbons (Fsp3) is 0.318. The summed E-state index contributed by atoms with van der Waals surface area (Å²) in [5.41, 5.74) is 2.90. The first-order chi connectivity index (χ1) is 14.5. The second kappa shape index (κ2) is 10.2. The van der Waals surface area contributed by atoms with E-state index < -0.39 is 0 Å². The van der Waals surface area contributed by atoms with E-state index in [1.165, 1.54) is 11.8 Å². The van der Waals surface area contributed by atoms with Crippen molar-refractivity contribution in [2.24, 2.45) is 0 Å². The van der Waals surface area contributed by atoms with Crippen LogP contribution < -0.4 is 14.8 Å². The van der Waals surface area contributed by atoms with Gasteiger partial charge >= 0.3 is 0 Å². The average molecular weight is 428 g/mol. The highest BCUT2D eigenvalue weighted by Gasteiger charge is 2.12. The zero-order chi connectivity index (χ0) is 21.5. The SMILES string of the molecule is COc1ccc(CCNC(=O)c2ccc(CSc3nc(C)cc(C)n3)o2)cc1OC. The maximum Gasteiger partial charge on any atom is 0.287 e. The van der Waals surface area contributed by atoms with Gasteiger partial charge in [0.1, 0.15) is 5.76 Å². The lowest BCUT2D eigenvalue weighted by Gasteiger charge is -2.09. The summed E-state index contributed by atoms with van der Waals surface area (Å²) >= 11 is 1.48. The van der Waals surface area contributed by atoms with Crippen molar-refractivity contribution in [2.45, 2.75) is 31.2 Å². The van der Waals surface area contributed by atoms with Gasteiger partial charge in [-0.1, -0.05) is 17.8 Å². The number of carbonyl (C=O) groups is 1. The molecule has 3 rings (SSSR count). The van der Waals surface area contributed by atoms with Gasteiger partial charge in [-0.05, 0) is 56.2 Å². The van der Waals surface area contributed by atoms with Crippen LogP contribution in [-0.4, -0.2) is 36.6 Å². The molecule has 2 aromatic heterocycles. The minimum absolute atomic E-state index is 0.241. The van der Waals surface area contributed by atoms with E-state index in [4.69, 9.17) is 13.9 Å². The summed E-state index contributed by atoms with van der Waals surface area (Å²) in [6.07, 6.45) is 0.666. The third-order valence-corrected chi connectivity index (χ3v) is 5.21. The molecule has 0 aliphatic carbocycles. The van der Waals surface area contributed by atoms with Crippen LogP contribution in [0.4, 0.5) is 0 Å². The van der Waals surface area contributed by atoms with Gasteiger partial charge in [0.2, 0.25) is 0 Å². The van der Waals surface area contributed by atoms with E-state index >= 15 is 0 Å². The highest BCUT2D eigenvalue weighted by Crippen LogP contribution is 2.27. The van der Waals surface area contributed by atoms with E-state index in [9.17, 15) is 4.79 Å². The number of aromatic nitrogens is 2. The molecule has 0 radical (unpaired) electrons. The third-order valence-electron chi connectivity index (χ3n) is 4.34. The van der Waals surface area contributed by atoms with Crippen molar-refractivity contribution in [3.05, 3.63) is 64.9 Å². The fourth-order valence-corrected chi connectivity index (χ4v) is 3.76. The highest BCUT2D eigenvalue weighted by molar-refractivity contribution is 7.98. The van der Waals surface area contributed by atoms with Crippen molar-refractivity contribution >= 4 is 17.7 Å². The van der Waals surface area contributed by atoms with E-state index in [2.05, 4.69) is 15.3 Å². The molecule has 0 aliphatic rings. The molecule has 0 spiro atoms. The van der Waals surface area contributed by atoms with Crippen LogP contribution in [-0.2, 0) is 12.2 Å². The summed E-state index contributed by atoms with van der Waals surface area (Å²) in [4.78, 5) is 21.1. The monoisotopic (exact) mass is 427 g/mol. The van der Waals surface area contributed by atoms with Crippen LogP contribution in [0.2, 0.25) is 0 Å².